The van der Waals surface area contributed by atoms with E-state index >= 15 is 0 Å². The van der Waals surface area contributed by atoms with Gasteiger partial charge in [-0.3, -0.25) is 14.4 Å². The molecule has 0 aliphatic carbocycles. The molecule has 1 rings (SSSR count). The minimum absolute atomic E-state index is 0.0284. The highest BCUT2D eigenvalue weighted by molar-refractivity contribution is 5.94. The third-order valence-electron chi connectivity index (χ3n) is 2.78. The molecule has 0 aliphatic heterocycles. The normalized spacial score (nSPS) is 10.7. The molecule has 1 aromatic heterocycles. The van der Waals surface area contributed by atoms with Crippen LogP contribution in [0.1, 0.15) is 24.3 Å². The van der Waals surface area contributed by atoms with E-state index in [4.69, 9.17) is 9.84 Å². The van der Waals surface area contributed by atoms with Gasteiger partial charge in [-0.1, -0.05) is 0 Å². The summed E-state index contributed by atoms with van der Waals surface area (Å²) in [7, 11) is 1.49. The molecule has 0 saturated heterocycles. The predicted molar refractivity (Wildman–Crippen MR) is 74.2 cm³/mol. The van der Waals surface area contributed by atoms with E-state index in [1.165, 1.54) is 24.1 Å². The molecule has 0 aliphatic rings. The lowest BCUT2D eigenvalue weighted by Gasteiger charge is -2.24. The highest BCUT2D eigenvalue weighted by atomic mass is 16.5. The lowest BCUT2D eigenvalue weighted by molar-refractivity contribution is -0.138. The molecule has 0 bridgehead atoms. The van der Waals surface area contributed by atoms with Crippen LogP contribution in [0.25, 0.3) is 0 Å². The van der Waals surface area contributed by atoms with Gasteiger partial charge < -0.3 is 14.7 Å². The van der Waals surface area contributed by atoms with E-state index in [1.807, 2.05) is 0 Å². The number of methoxy groups -OCH3 is 1. The van der Waals surface area contributed by atoms with Crippen molar-refractivity contribution >= 4 is 11.9 Å². The summed E-state index contributed by atoms with van der Waals surface area (Å²) < 4.78 is 5.99. The van der Waals surface area contributed by atoms with Gasteiger partial charge in [0.05, 0.1) is 13.2 Å². The minimum Gasteiger partial charge on any atom is -0.480 e. The summed E-state index contributed by atoms with van der Waals surface area (Å²) in [6.07, 6.45) is 0. The van der Waals surface area contributed by atoms with Gasteiger partial charge >= 0.3 is 5.97 Å². The molecule has 1 N–H and O–H groups in total. The van der Waals surface area contributed by atoms with Crippen molar-refractivity contribution in [3.63, 3.8) is 0 Å². The molecule has 21 heavy (non-hydrogen) atoms. The van der Waals surface area contributed by atoms with Gasteiger partial charge in [-0.2, -0.15) is 5.10 Å². The largest absolute Gasteiger partial charge is 0.480 e. The third-order valence-corrected chi connectivity index (χ3v) is 2.78. The summed E-state index contributed by atoms with van der Waals surface area (Å²) in [6, 6.07) is 2.23. The van der Waals surface area contributed by atoms with Crippen molar-refractivity contribution in [1.82, 2.24) is 14.7 Å². The molecule has 0 spiro atoms. The van der Waals surface area contributed by atoms with Gasteiger partial charge in [0.2, 0.25) is 0 Å². The Hall–Kier alpha value is -2.22. The number of rotatable bonds is 7. The molecule has 1 heterocycles. The van der Waals surface area contributed by atoms with Crippen LogP contribution in [0.5, 0.6) is 0 Å². The monoisotopic (exact) mass is 297 g/mol. The first-order valence-corrected chi connectivity index (χ1v) is 6.46. The number of amides is 1. The lowest BCUT2D eigenvalue weighted by atomic mass is 10.2. The fourth-order valence-corrected chi connectivity index (χ4v) is 1.68. The second kappa shape index (κ2) is 7.53. The maximum absolute atomic E-state index is 12.3. The molecule has 0 fully saturated rings. The van der Waals surface area contributed by atoms with E-state index in [0.29, 0.717) is 0 Å². The van der Waals surface area contributed by atoms with Gasteiger partial charge in [-0.15, -0.1) is 0 Å². The molecule has 8 heteroatoms. The van der Waals surface area contributed by atoms with Gasteiger partial charge in [-0.05, 0) is 19.9 Å². The number of carboxylic acids is 1. The Labute approximate surface area is 121 Å². The van der Waals surface area contributed by atoms with Crippen LogP contribution in [0.4, 0.5) is 0 Å². The van der Waals surface area contributed by atoms with Crippen LogP contribution < -0.4 is 5.56 Å². The first-order valence-electron chi connectivity index (χ1n) is 6.46. The number of nitrogens with zero attached hydrogens (tertiary/aromatic N) is 3. The standard InChI is InChI=1S/C13H19N3O5/c1-9(2)15(8-12(18)19)13(20)10-4-5-11(17)16(14-10)6-7-21-3/h4-5,9H,6-8H2,1-3H3,(H,18,19). The van der Waals surface area contributed by atoms with Crippen LogP contribution in [-0.4, -0.2) is 58.0 Å². The van der Waals surface area contributed by atoms with Gasteiger partial charge in [0.1, 0.15) is 12.2 Å². The summed E-state index contributed by atoms with van der Waals surface area (Å²) in [5.41, 5.74) is -0.321. The van der Waals surface area contributed by atoms with E-state index in [-0.39, 0.29) is 30.4 Å². The number of carboxylic acid groups (broad SMARTS) is 1. The van der Waals surface area contributed by atoms with Crippen LogP contribution in [0.3, 0.4) is 0 Å². The smallest absolute Gasteiger partial charge is 0.323 e. The molecule has 1 amide bonds. The number of hydrogen-bond donors (Lipinski definition) is 1. The van der Waals surface area contributed by atoms with Gasteiger partial charge in [0.15, 0.2) is 0 Å². The average molecular weight is 297 g/mol. The molecular weight excluding hydrogens is 278 g/mol. The Balaban J connectivity index is 3.04. The summed E-state index contributed by atoms with van der Waals surface area (Å²) >= 11 is 0. The summed E-state index contributed by atoms with van der Waals surface area (Å²) in [5.74, 6) is -1.64. The predicted octanol–water partition coefficient (Wildman–Crippen LogP) is -0.175. The van der Waals surface area contributed by atoms with Gasteiger partial charge in [-0.25, -0.2) is 4.68 Å². The lowest BCUT2D eigenvalue weighted by Crippen LogP contribution is -2.41. The molecule has 0 unspecified atom stereocenters. The van der Waals surface area contributed by atoms with Gasteiger partial charge in [0.25, 0.3) is 11.5 Å². The maximum Gasteiger partial charge on any atom is 0.323 e. The highest BCUT2D eigenvalue weighted by Gasteiger charge is 2.23. The summed E-state index contributed by atoms with van der Waals surface area (Å²) in [4.78, 5) is 35.9. The quantitative estimate of drug-likeness (QED) is 0.749. The minimum atomic E-state index is -1.11. The molecule has 1 aromatic rings. The molecule has 116 valence electrons. The number of carbonyl (C=O) groups is 2. The van der Waals surface area contributed by atoms with Crippen LogP contribution in [0.15, 0.2) is 16.9 Å². The summed E-state index contributed by atoms with van der Waals surface area (Å²) in [5, 5.41) is 12.8. The van der Waals surface area contributed by atoms with E-state index < -0.39 is 18.4 Å². The van der Waals surface area contributed by atoms with Crippen molar-refractivity contribution in [2.45, 2.75) is 26.4 Å². The zero-order chi connectivity index (χ0) is 16.0. The Morgan fingerprint density at radius 2 is 2.10 bits per heavy atom. The number of aromatic nitrogens is 2. The summed E-state index contributed by atoms with van der Waals surface area (Å²) in [6.45, 7) is 3.50. The van der Waals surface area contributed by atoms with E-state index in [2.05, 4.69) is 5.10 Å². The highest BCUT2D eigenvalue weighted by Crippen LogP contribution is 2.05. The van der Waals surface area contributed by atoms with Crippen LogP contribution in [0.2, 0.25) is 0 Å². The number of ether oxygens (including phenoxy) is 1. The molecule has 8 nitrogen and oxygen atoms in total. The second-order valence-electron chi connectivity index (χ2n) is 4.69. The first kappa shape index (κ1) is 16.8. The van der Waals surface area contributed by atoms with Crippen molar-refractivity contribution in [1.29, 1.82) is 0 Å². The SMILES string of the molecule is COCCn1nc(C(=O)N(CC(=O)O)C(C)C)ccc1=O. The third kappa shape index (κ3) is 4.67. The average Bonchev–Trinajstić information content (AvgIpc) is 2.42. The molecule has 0 radical (unpaired) electrons. The van der Waals surface area contributed by atoms with Crippen molar-refractivity contribution in [2.24, 2.45) is 0 Å². The van der Waals surface area contributed by atoms with Crippen molar-refractivity contribution in [3.8, 4) is 0 Å². The van der Waals surface area contributed by atoms with Crippen molar-refractivity contribution in [3.05, 3.63) is 28.2 Å². The molecule has 0 atom stereocenters. The van der Waals surface area contributed by atoms with E-state index in [9.17, 15) is 14.4 Å². The number of carbonyl (C=O) groups excluding carboxylic acids is 1. The Morgan fingerprint density at radius 3 is 2.62 bits per heavy atom. The van der Waals surface area contributed by atoms with E-state index in [0.717, 1.165) is 4.68 Å². The topological polar surface area (TPSA) is 102 Å². The first-order chi connectivity index (χ1) is 9.86. The van der Waals surface area contributed by atoms with Crippen molar-refractivity contribution < 1.29 is 19.4 Å². The Bertz CT molecular complexity index is 567. The molecular formula is C13H19N3O5. The fourth-order valence-electron chi connectivity index (χ4n) is 1.68. The molecule has 0 saturated carbocycles. The number of hydrogen-bond acceptors (Lipinski definition) is 5. The second-order valence-corrected chi connectivity index (χ2v) is 4.69. The Morgan fingerprint density at radius 1 is 1.43 bits per heavy atom. The zero-order valence-corrected chi connectivity index (χ0v) is 12.3. The molecule has 0 aromatic carbocycles. The zero-order valence-electron chi connectivity index (χ0n) is 12.3. The van der Waals surface area contributed by atoms with E-state index in [1.54, 1.807) is 13.8 Å². The Kier molecular flexibility index (Phi) is 6.04. The van der Waals surface area contributed by atoms with Gasteiger partial charge in [0, 0.05) is 19.2 Å². The number of aliphatic carboxylic acids is 1. The maximum atomic E-state index is 12.3. The van der Waals surface area contributed by atoms with Crippen molar-refractivity contribution in [2.75, 3.05) is 20.3 Å². The van der Waals surface area contributed by atoms with Crippen LogP contribution >= 0.6 is 0 Å². The van der Waals surface area contributed by atoms with Crippen LogP contribution in [0, 0.1) is 0 Å². The fraction of sp³-hybridized carbons (Fsp3) is 0.538. The van der Waals surface area contributed by atoms with Crippen LogP contribution in [-0.2, 0) is 16.1 Å².